The maximum atomic E-state index is 9.81. The molecule has 0 rings (SSSR count). The van der Waals surface area contributed by atoms with E-state index in [4.69, 9.17) is 4.43 Å². The van der Waals surface area contributed by atoms with Crippen LogP contribution in [0, 0.1) is 5.92 Å². The van der Waals surface area contributed by atoms with Gasteiger partial charge in [0.05, 0.1) is 0 Å². The third kappa shape index (κ3) is 5.69. The van der Waals surface area contributed by atoms with E-state index >= 15 is 0 Å². The first-order chi connectivity index (χ1) is 6.56. The Hall–Kier alpha value is 0.137. The molecule has 0 saturated heterocycles. The first-order valence-electron chi connectivity index (χ1n) is 5.92. The summed E-state index contributed by atoms with van der Waals surface area (Å²) in [5, 5.41) is 9.98. The van der Waals surface area contributed by atoms with Crippen LogP contribution in [0.4, 0.5) is 0 Å². The molecule has 1 unspecified atom stereocenters. The van der Waals surface area contributed by atoms with E-state index < -0.39 is 14.6 Å². The van der Waals surface area contributed by atoms with Crippen LogP contribution < -0.4 is 0 Å². The summed E-state index contributed by atoms with van der Waals surface area (Å²) in [4.78, 5) is 0. The van der Waals surface area contributed by atoms with Crippen molar-refractivity contribution in [2.45, 2.75) is 71.9 Å². The number of aliphatic hydroxyl groups is 1. The second kappa shape index (κ2) is 5.46. The average molecular weight is 232 g/mol. The molecular formula is C12H28O2Si. The third-order valence-corrected chi connectivity index (χ3v) is 7.70. The number of hydrogen-bond acceptors (Lipinski definition) is 2. The van der Waals surface area contributed by atoms with Gasteiger partial charge in [-0.25, -0.2) is 0 Å². The number of aliphatic hydroxyl groups excluding tert-OH is 1. The van der Waals surface area contributed by atoms with Gasteiger partial charge in [-0.1, -0.05) is 34.6 Å². The molecule has 3 heteroatoms. The molecule has 0 amide bonds. The highest BCUT2D eigenvalue weighted by Crippen LogP contribution is 2.37. The zero-order chi connectivity index (χ0) is 12.3. The molecule has 0 radical (unpaired) electrons. The maximum absolute atomic E-state index is 9.81. The molecule has 1 atom stereocenters. The third-order valence-electron chi connectivity index (χ3n) is 3.23. The SMILES string of the molecule is CC(C)CCC(O)O[Si](C)(C)C(C)(C)C. The Balaban J connectivity index is 4.11. The van der Waals surface area contributed by atoms with Gasteiger partial charge in [0.2, 0.25) is 0 Å². The molecule has 0 saturated carbocycles. The van der Waals surface area contributed by atoms with Gasteiger partial charge in [0, 0.05) is 0 Å². The minimum Gasteiger partial charge on any atom is -0.392 e. The Morgan fingerprint density at radius 2 is 1.60 bits per heavy atom. The van der Waals surface area contributed by atoms with Gasteiger partial charge in [-0.3, -0.25) is 0 Å². The lowest BCUT2D eigenvalue weighted by Gasteiger charge is -2.37. The second-order valence-corrected chi connectivity index (χ2v) is 11.1. The van der Waals surface area contributed by atoms with Crippen molar-refractivity contribution in [2.75, 3.05) is 0 Å². The van der Waals surface area contributed by atoms with Crippen molar-refractivity contribution in [3.63, 3.8) is 0 Å². The Kier molecular flexibility index (Phi) is 5.51. The van der Waals surface area contributed by atoms with Gasteiger partial charge in [-0.15, -0.1) is 0 Å². The summed E-state index contributed by atoms with van der Waals surface area (Å²) in [6.07, 6.45) is 1.20. The monoisotopic (exact) mass is 232 g/mol. The molecule has 0 aliphatic carbocycles. The van der Waals surface area contributed by atoms with Crippen LogP contribution in [0.2, 0.25) is 18.1 Å². The lowest BCUT2D eigenvalue weighted by Crippen LogP contribution is -2.44. The summed E-state index contributed by atoms with van der Waals surface area (Å²) in [5.74, 6) is 0.627. The van der Waals surface area contributed by atoms with Crippen molar-refractivity contribution >= 4 is 8.32 Å². The molecule has 0 heterocycles. The average Bonchev–Trinajstić information content (AvgIpc) is 1.97. The van der Waals surface area contributed by atoms with Crippen molar-refractivity contribution in [3.05, 3.63) is 0 Å². The van der Waals surface area contributed by atoms with E-state index in [-0.39, 0.29) is 5.04 Å². The summed E-state index contributed by atoms with van der Waals surface area (Å²) in [6, 6.07) is 0. The molecule has 15 heavy (non-hydrogen) atoms. The quantitative estimate of drug-likeness (QED) is 0.577. The Bertz CT molecular complexity index is 183. The van der Waals surface area contributed by atoms with E-state index in [9.17, 15) is 5.11 Å². The first-order valence-corrected chi connectivity index (χ1v) is 8.83. The van der Waals surface area contributed by atoms with Crippen LogP contribution in [0.25, 0.3) is 0 Å². The van der Waals surface area contributed by atoms with Crippen molar-refractivity contribution < 1.29 is 9.53 Å². The summed E-state index contributed by atoms with van der Waals surface area (Å²) < 4.78 is 5.85. The highest BCUT2D eigenvalue weighted by atomic mass is 28.4. The van der Waals surface area contributed by atoms with E-state index in [1.807, 2.05) is 0 Å². The van der Waals surface area contributed by atoms with E-state index in [1.54, 1.807) is 0 Å². The zero-order valence-electron chi connectivity index (χ0n) is 11.4. The topological polar surface area (TPSA) is 29.5 Å². The van der Waals surface area contributed by atoms with Gasteiger partial charge in [0.25, 0.3) is 0 Å². The van der Waals surface area contributed by atoms with E-state index in [0.717, 1.165) is 12.8 Å². The molecule has 0 aromatic carbocycles. The van der Waals surface area contributed by atoms with Crippen LogP contribution in [-0.2, 0) is 4.43 Å². The van der Waals surface area contributed by atoms with Gasteiger partial charge in [0.1, 0.15) is 6.29 Å². The smallest absolute Gasteiger partial charge is 0.195 e. The molecule has 0 aromatic rings. The molecule has 0 bridgehead atoms. The zero-order valence-corrected chi connectivity index (χ0v) is 12.4. The highest BCUT2D eigenvalue weighted by molar-refractivity contribution is 6.74. The van der Waals surface area contributed by atoms with E-state index in [0.29, 0.717) is 5.92 Å². The predicted molar refractivity (Wildman–Crippen MR) is 68.4 cm³/mol. The fourth-order valence-corrected chi connectivity index (χ4v) is 2.20. The summed E-state index contributed by atoms with van der Waals surface area (Å²) in [6.45, 7) is 15.2. The van der Waals surface area contributed by atoms with Crippen LogP contribution in [-0.4, -0.2) is 19.7 Å². The Morgan fingerprint density at radius 1 is 1.13 bits per heavy atom. The minimum atomic E-state index is -1.79. The lowest BCUT2D eigenvalue weighted by molar-refractivity contribution is -0.0368. The molecule has 1 N–H and O–H groups in total. The van der Waals surface area contributed by atoms with Gasteiger partial charge in [-0.2, -0.15) is 0 Å². The van der Waals surface area contributed by atoms with E-state index in [2.05, 4.69) is 47.7 Å². The summed E-state index contributed by atoms with van der Waals surface area (Å²) in [7, 11) is -1.79. The maximum Gasteiger partial charge on any atom is 0.195 e. The van der Waals surface area contributed by atoms with Crippen LogP contribution in [0.3, 0.4) is 0 Å². The summed E-state index contributed by atoms with van der Waals surface area (Å²) in [5.41, 5.74) is 0. The number of rotatable bonds is 5. The van der Waals surface area contributed by atoms with Crippen molar-refractivity contribution in [1.82, 2.24) is 0 Å². The molecule has 0 aliphatic heterocycles. The van der Waals surface area contributed by atoms with Crippen molar-refractivity contribution in [1.29, 1.82) is 0 Å². The minimum absolute atomic E-state index is 0.172. The molecule has 2 nitrogen and oxygen atoms in total. The van der Waals surface area contributed by atoms with Gasteiger partial charge < -0.3 is 9.53 Å². The van der Waals surface area contributed by atoms with Crippen LogP contribution in [0.15, 0.2) is 0 Å². The molecule has 0 aliphatic rings. The van der Waals surface area contributed by atoms with Crippen LogP contribution >= 0.6 is 0 Å². The standard InChI is InChI=1S/C12H28O2Si/c1-10(2)8-9-11(13)14-15(6,7)12(3,4)5/h10-11,13H,8-9H2,1-7H3. The highest BCUT2D eigenvalue weighted by Gasteiger charge is 2.38. The van der Waals surface area contributed by atoms with Crippen LogP contribution in [0.1, 0.15) is 47.5 Å². The Labute approximate surface area is 96.2 Å². The lowest BCUT2D eigenvalue weighted by atomic mass is 10.1. The summed E-state index contributed by atoms with van der Waals surface area (Å²) >= 11 is 0. The fraction of sp³-hybridized carbons (Fsp3) is 1.00. The predicted octanol–water partition coefficient (Wildman–Crippen LogP) is 3.76. The molecule has 0 spiro atoms. The molecular weight excluding hydrogens is 204 g/mol. The largest absolute Gasteiger partial charge is 0.392 e. The van der Waals surface area contributed by atoms with Crippen molar-refractivity contribution in [3.8, 4) is 0 Å². The fourth-order valence-electron chi connectivity index (χ4n) is 1.05. The van der Waals surface area contributed by atoms with Crippen LogP contribution in [0.5, 0.6) is 0 Å². The second-order valence-electron chi connectivity index (χ2n) is 6.30. The van der Waals surface area contributed by atoms with Gasteiger partial charge >= 0.3 is 0 Å². The molecule has 92 valence electrons. The Morgan fingerprint density at radius 3 is 1.93 bits per heavy atom. The van der Waals surface area contributed by atoms with Crippen molar-refractivity contribution in [2.24, 2.45) is 5.92 Å². The normalized spacial score (nSPS) is 15.8. The first kappa shape index (κ1) is 15.1. The van der Waals surface area contributed by atoms with E-state index in [1.165, 1.54) is 0 Å². The molecule has 0 aromatic heterocycles. The molecule has 0 fully saturated rings. The van der Waals surface area contributed by atoms with Gasteiger partial charge in [0.15, 0.2) is 8.32 Å². The number of hydrogen-bond donors (Lipinski definition) is 1. The van der Waals surface area contributed by atoms with Gasteiger partial charge in [-0.05, 0) is 36.9 Å².